The van der Waals surface area contributed by atoms with Gasteiger partial charge in [-0.15, -0.1) is 0 Å². The summed E-state index contributed by atoms with van der Waals surface area (Å²) in [5.41, 5.74) is 2.18. The average molecular weight is 595 g/mol. The number of ether oxygens (including phenoxy) is 1. The van der Waals surface area contributed by atoms with Gasteiger partial charge in [0, 0.05) is 74.5 Å². The van der Waals surface area contributed by atoms with Crippen LogP contribution >= 0.6 is 0 Å². The van der Waals surface area contributed by atoms with Crippen LogP contribution in [0.15, 0.2) is 42.7 Å². The molecule has 1 aliphatic carbocycles. The van der Waals surface area contributed by atoms with Crippen molar-refractivity contribution in [2.45, 2.75) is 69.3 Å². The molecule has 1 amide bonds. The lowest BCUT2D eigenvalue weighted by Gasteiger charge is -2.33. The zero-order valence-electron chi connectivity index (χ0n) is 24.6. The maximum Gasteiger partial charge on any atom is 0.225 e. The Morgan fingerprint density at radius 1 is 1.02 bits per heavy atom. The topological polar surface area (TPSA) is 110 Å². The van der Waals surface area contributed by atoms with E-state index in [4.69, 9.17) is 9.72 Å². The lowest BCUT2D eigenvalue weighted by atomic mass is 9.85. The fourth-order valence-electron chi connectivity index (χ4n) is 6.93. The molecule has 1 saturated carbocycles. The smallest absolute Gasteiger partial charge is 0.225 e. The summed E-state index contributed by atoms with van der Waals surface area (Å²) in [6.07, 6.45) is 11.2. The van der Waals surface area contributed by atoms with Gasteiger partial charge in [0.2, 0.25) is 11.9 Å². The van der Waals surface area contributed by atoms with Crippen molar-refractivity contribution in [3.63, 3.8) is 0 Å². The van der Waals surface area contributed by atoms with Crippen molar-refractivity contribution in [1.29, 1.82) is 0 Å². The number of piperidine rings is 1. The standard InChI is InChI=1S/C31H42N6O4S/c1-3-41-24-12-17-36(21-24)30(38)22-7-9-23(10-8-22)33-31-32-16-11-29(34-31)37-20-15-26-27(5-4-6-28(26)37)35-18-13-25(14-19-35)42(2,39)40/h4-6,11,15-16,20,22-25H,3,7-10,12-14,17-19,21H2,1-2H3,(H,32,33,34)/t22?,23?,24-/m0/s1. The third-order valence-corrected chi connectivity index (χ3v) is 10.9. The second-order valence-electron chi connectivity index (χ2n) is 12.0. The number of hydrogen-bond donors (Lipinski definition) is 1. The number of carbonyl (C=O) groups is 1. The molecule has 1 atom stereocenters. The Bertz CT molecular complexity index is 1510. The Balaban J connectivity index is 1.09. The summed E-state index contributed by atoms with van der Waals surface area (Å²) >= 11 is 0. The van der Waals surface area contributed by atoms with Gasteiger partial charge in [-0.25, -0.2) is 13.4 Å². The van der Waals surface area contributed by atoms with Crippen LogP contribution in [0.1, 0.15) is 51.9 Å². The Labute approximate surface area is 248 Å². The number of sulfone groups is 1. The molecule has 226 valence electrons. The molecule has 1 aromatic carbocycles. The van der Waals surface area contributed by atoms with Crippen LogP contribution in [-0.2, 0) is 19.4 Å². The maximum atomic E-state index is 13.1. The molecule has 0 unspecified atom stereocenters. The maximum absolute atomic E-state index is 13.1. The first kappa shape index (κ1) is 28.9. The molecule has 0 spiro atoms. The van der Waals surface area contributed by atoms with Gasteiger partial charge in [0.05, 0.1) is 16.9 Å². The van der Waals surface area contributed by atoms with Crippen molar-refractivity contribution in [2.75, 3.05) is 49.3 Å². The molecule has 3 aromatic rings. The van der Waals surface area contributed by atoms with Crippen molar-refractivity contribution in [3.05, 3.63) is 42.7 Å². The molecule has 3 aliphatic rings. The predicted octanol–water partition coefficient (Wildman–Crippen LogP) is 4.04. The first-order chi connectivity index (χ1) is 20.3. The van der Waals surface area contributed by atoms with Crippen LogP contribution in [0.25, 0.3) is 16.7 Å². The van der Waals surface area contributed by atoms with Crippen LogP contribution in [-0.4, -0.2) is 90.2 Å². The summed E-state index contributed by atoms with van der Waals surface area (Å²) in [5, 5.41) is 4.40. The Kier molecular flexibility index (Phi) is 8.40. The van der Waals surface area contributed by atoms with Gasteiger partial charge < -0.3 is 24.4 Å². The van der Waals surface area contributed by atoms with Crippen molar-refractivity contribution in [2.24, 2.45) is 5.92 Å². The number of rotatable bonds is 8. The van der Waals surface area contributed by atoms with Gasteiger partial charge in [0.15, 0.2) is 0 Å². The van der Waals surface area contributed by atoms with Gasteiger partial charge in [0.1, 0.15) is 15.7 Å². The molecule has 42 heavy (non-hydrogen) atoms. The molecule has 10 nitrogen and oxygen atoms in total. The van der Waals surface area contributed by atoms with E-state index in [1.807, 2.05) is 24.1 Å². The van der Waals surface area contributed by atoms with Gasteiger partial charge in [-0.2, -0.15) is 4.98 Å². The van der Waals surface area contributed by atoms with E-state index in [9.17, 15) is 13.2 Å². The van der Waals surface area contributed by atoms with E-state index in [2.05, 4.69) is 44.0 Å². The highest BCUT2D eigenvalue weighted by Gasteiger charge is 2.34. The second-order valence-corrected chi connectivity index (χ2v) is 14.3. The van der Waals surface area contributed by atoms with E-state index in [-0.39, 0.29) is 29.2 Å². The molecule has 4 heterocycles. The minimum atomic E-state index is -3.01. The Morgan fingerprint density at radius 3 is 2.55 bits per heavy atom. The molecule has 11 heteroatoms. The van der Waals surface area contributed by atoms with Crippen LogP contribution in [0.4, 0.5) is 11.6 Å². The number of fused-ring (bicyclic) bond motifs is 1. The number of carbonyl (C=O) groups excluding carboxylic acids is 1. The van der Waals surface area contributed by atoms with Crippen LogP contribution < -0.4 is 10.2 Å². The monoisotopic (exact) mass is 594 g/mol. The molecule has 0 bridgehead atoms. The molecule has 1 N–H and O–H groups in total. The fraction of sp³-hybridized carbons (Fsp3) is 0.581. The highest BCUT2D eigenvalue weighted by molar-refractivity contribution is 7.91. The van der Waals surface area contributed by atoms with Crippen LogP contribution in [0, 0.1) is 5.92 Å². The number of amides is 1. The van der Waals surface area contributed by atoms with E-state index in [1.165, 1.54) is 6.26 Å². The quantitative estimate of drug-likeness (QED) is 0.416. The summed E-state index contributed by atoms with van der Waals surface area (Å²) in [5.74, 6) is 1.76. The number of likely N-dealkylation sites (tertiary alicyclic amines) is 1. The van der Waals surface area contributed by atoms with Crippen molar-refractivity contribution in [1.82, 2.24) is 19.4 Å². The lowest BCUT2D eigenvalue weighted by Crippen LogP contribution is -2.39. The number of aromatic nitrogens is 3. The van der Waals surface area contributed by atoms with Crippen LogP contribution in [0.5, 0.6) is 0 Å². The zero-order chi connectivity index (χ0) is 29.3. The number of anilines is 2. The molecule has 3 fully saturated rings. The summed E-state index contributed by atoms with van der Waals surface area (Å²) in [6.45, 7) is 5.68. The molecular formula is C31H42N6O4S. The minimum absolute atomic E-state index is 0.0910. The third-order valence-electron chi connectivity index (χ3n) is 9.25. The average Bonchev–Trinajstić information content (AvgIpc) is 3.65. The van der Waals surface area contributed by atoms with Crippen molar-refractivity contribution < 1.29 is 17.9 Å². The minimum Gasteiger partial charge on any atom is -0.377 e. The molecule has 0 radical (unpaired) electrons. The van der Waals surface area contributed by atoms with E-state index in [1.54, 1.807) is 6.20 Å². The molecule has 6 rings (SSSR count). The van der Waals surface area contributed by atoms with Gasteiger partial charge >= 0.3 is 0 Å². The highest BCUT2D eigenvalue weighted by Crippen LogP contribution is 2.33. The largest absolute Gasteiger partial charge is 0.377 e. The highest BCUT2D eigenvalue weighted by atomic mass is 32.2. The fourth-order valence-corrected chi connectivity index (χ4v) is 8.00. The first-order valence-corrected chi connectivity index (χ1v) is 17.3. The number of benzene rings is 1. The second kappa shape index (κ2) is 12.2. The van der Waals surface area contributed by atoms with E-state index >= 15 is 0 Å². The van der Waals surface area contributed by atoms with Gasteiger partial charge in [-0.3, -0.25) is 4.79 Å². The summed E-state index contributed by atoms with van der Waals surface area (Å²) < 4.78 is 31.8. The summed E-state index contributed by atoms with van der Waals surface area (Å²) in [4.78, 5) is 26.7. The SMILES string of the molecule is CCO[C@H]1CCN(C(=O)C2CCC(Nc3nccc(-n4ccc5c(N6CCC(S(C)(=O)=O)CC6)cccc54)n3)CC2)C1. The zero-order valence-corrected chi connectivity index (χ0v) is 25.4. The van der Waals surface area contributed by atoms with Crippen LogP contribution in [0.3, 0.4) is 0 Å². The van der Waals surface area contributed by atoms with Crippen molar-refractivity contribution in [3.8, 4) is 5.82 Å². The van der Waals surface area contributed by atoms with Gasteiger partial charge in [-0.05, 0) is 76.1 Å². The third kappa shape index (κ3) is 6.13. The van der Waals surface area contributed by atoms with Crippen molar-refractivity contribution >= 4 is 38.3 Å². The van der Waals surface area contributed by atoms with Gasteiger partial charge in [-0.1, -0.05) is 6.07 Å². The number of nitrogens with one attached hydrogen (secondary N) is 1. The number of hydrogen-bond acceptors (Lipinski definition) is 8. The molecular weight excluding hydrogens is 552 g/mol. The summed E-state index contributed by atoms with van der Waals surface area (Å²) in [7, 11) is -3.01. The first-order valence-electron chi connectivity index (χ1n) is 15.3. The normalized spacial score (nSPS) is 23.9. The van der Waals surface area contributed by atoms with Crippen LogP contribution in [0.2, 0.25) is 0 Å². The molecule has 2 aromatic heterocycles. The van der Waals surface area contributed by atoms with E-state index in [0.29, 0.717) is 25.4 Å². The lowest BCUT2D eigenvalue weighted by molar-refractivity contribution is -0.136. The summed E-state index contributed by atoms with van der Waals surface area (Å²) in [6, 6.07) is 10.5. The number of nitrogens with zero attached hydrogens (tertiary/aromatic N) is 5. The Hall–Kier alpha value is -3.18. The Morgan fingerprint density at radius 2 is 1.81 bits per heavy atom. The van der Waals surface area contributed by atoms with E-state index in [0.717, 1.165) is 80.7 Å². The molecule has 2 aliphatic heterocycles. The molecule has 2 saturated heterocycles. The van der Waals surface area contributed by atoms with E-state index < -0.39 is 9.84 Å². The van der Waals surface area contributed by atoms with Gasteiger partial charge in [0.25, 0.3) is 0 Å². The predicted molar refractivity (Wildman–Crippen MR) is 165 cm³/mol.